The van der Waals surface area contributed by atoms with Gasteiger partial charge >= 0.3 is 12.0 Å². The summed E-state index contributed by atoms with van der Waals surface area (Å²) in [5.74, 6) is -0.381. The summed E-state index contributed by atoms with van der Waals surface area (Å²) in [5.41, 5.74) is 0. The third-order valence-electron chi connectivity index (χ3n) is 4.24. The fourth-order valence-electron chi connectivity index (χ4n) is 2.91. The molecule has 2 rings (SSSR count). The van der Waals surface area contributed by atoms with Crippen molar-refractivity contribution >= 4 is 12.0 Å². The number of hydrogen-bond donors (Lipinski definition) is 2. The molecule has 0 aromatic carbocycles. The van der Waals surface area contributed by atoms with Crippen molar-refractivity contribution in [3.63, 3.8) is 0 Å². The van der Waals surface area contributed by atoms with Gasteiger partial charge in [0.2, 0.25) is 0 Å². The molecule has 2 heterocycles. The largest absolute Gasteiger partial charge is 0.479 e. The number of rotatable bonds is 3. The van der Waals surface area contributed by atoms with Crippen LogP contribution in [0.3, 0.4) is 0 Å². The van der Waals surface area contributed by atoms with Crippen LogP contribution in [0.2, 0.25) is 0 Å². The van der Waals surface area contributed by atoms with Gasteiger partial charge in [0.1, 0.15) is 0 Å². The van der Waals surface area contributed by atoms with Crippen molar-refractivity contribution in [3.8, 4) is 0 Å². The highest BCUT2D eigenvalue weighted by atomic mass is 16.5. The first kappa shape index (κ1) is 15.1. The highest BCUT2D eigenvalue weighted by molar-refractivity contribution is 5.75. The number of piperidine rings is 1. The first-order valence-corrected chi connectivity index (χ1v) is 7.40. The second-order valence-corrected chi connectivity index (χ2v) is 6.03. The summed E-state index contributed by atoms with van der Waals surface area (Å²) < 4.78 is 5.38. The quantitative estimate of drug-likeness (QED) is 0.822. The zero-order chi connectivity index (χ0) is 14.7. The van der Waals surface area contributed by atoms with Gasteiger partial charge in [0, 0.05) is 19.1 Å². The van der Waals surface area contributed by atoms with E-state index in [1.807, 2.05) is 4.90 Å². The molecule has 0 radical (unpaired) electrons. The number of carboxylic acids is 1. The van der Waals surface area contributed by atoms with Gasteiger partial charge < -0.3 is 20.1 Å². The first-order valence-electron chi connectivity index (χ1n) is 7.40. The molecule has 20 heavy (non-hydrogen) atoms. The van der Waals surface area contributed by atoms with E-state index >= 15 is 0 Å². The zero-order valence-electron chi connectivity index (χ0n) is 12.2. The minimum Gasteiger partial charge on any atom is -0.479 e. The Morgan fingerprint density at radius 2 is 2.00 bits per heavy atom. The number of nitrogens with zero attached hydrogens (tertiary/aromatic N) is 1. The van der Waals surface area contributed by atoms with E-state index in [2.05, 4.69) is 19.2 Å². The molecule has 2 aliphatic rings. The van der Waals surface area contributed by atoms with Crippen molar-refractivity contribution in [3.05, 3.63) is 0 Å². The first-order chi connectivity index (χ1) is 9.47. The Morgan fingerprint density at radius 3 is 2.65 bits per heavy atom. The summed E-state index contributed by atoms with van der Waals surface area (Å²) in [7, 11) is 0. The molecule has 4 unspecified atom stereocenters. The summed E-state index contributed by atoms with van der Waals surface area (Å²) in [5, 5.41) is 11.7. The lowest BCUT2D eigenvalue weighted by Gasteiger charge is -2.36. The van der Waals surface area contributed by atoms with E-state index in [1.165, 1.54) is 0 Å². The van der Waals surface area contributed by atoms with Gasteiger partial charge in [-0.3, -0.25) is 0 Å². The van der Waals surface area contributed by atoms with Crippen LogP contribution in [0.4, 0.5) is 4.79 Å². The Balaban J connectivity index is 1.76. The van der Waals surface area contributed by atoms with Crippen molar-refractivity contribution in [1.29, 1.82) is 0 Å². The van der Waals surface area contributed by atoms with Gasteiger partial charge in [0.05, 0.1) is 6.10 Å². The number of urea groups is 1. The number of carboxylic acid groups (broad SMARTS) is 1. The van der Waals surface area contributed by atoms with E-state index in [4.69, 9.17) is 9.84 Å². The van der Waals surface area contributed by atoms with Gasteiger partial charge in [-0.05, 0) is 38.5 Å². The van der Waals surface area contributed by atoms with Crippen LogP contribution in [0.25, 0.3) is 0 Å². The molecule has 0 saturated carbocycles. The van der Waals surface area contributed by atoms with E-state index in [-0.39, 0.29) is 18.2 Å². The molecule has 2 aliphatic heterocycles. The molecular formula is C14H24N2O4. The van der Waals surface area contributed by atoms with E-state index in [1.54, 1.807) is 0 Å². The Kier molecular flexibility index (Phi) is 4.86. The number of ether oxygens (including phenoxy) is 1. The summed E-state index contributed by atoms with van der Waals surface area (Å²) in [6.45, 7) is 5.40. The van der Waals surface area contributed by atoms with Gasteiger partial charge in [-0.15, -0.1) is 0 Å². The maximum atomic E-state index is 12.2. The van der Waals surface area contributed by atoms with Crippen LogP contribution >= 0.6 is 0 Å². The third kappa shape index (κ3) is 3.62. The number of hydrogen-bond acceptors (Lipinski definition) is 3. The summed E-state index contributed by atoms with van der Waals surface area (Å²) >= 11 is 0. The second kappa shape index (κ2) is 6.43. The van der Waals surface area contributed by atoms with Crippen molar-refractivity contribution in [2.45, 2.75) is 57.8 Å². The summed E-state index contributed by atoms with van der Waals surface area (Å²) in [6, 6.07) is 0.203. The summed E-state index contributed by atoms with van der Waals surface area (Å²) in [4.78, 5) is 24.8. The van der Waals surface area contributed by atoms with Gasteiger partial charge in [-0.25, -0.2) is 9.59 Å². The molecule has 0 aromatic rings. The molecule has 6 heteroatoms. The Hall–Kier alpha value is -1.30. The average molecular weight is 284 g/mol. The topological polar surface area (TPSA) is 78.9 Å². The monoisotopic (exact) mass is 284 g/mol. The molecule has 114 valence electrons. The van der Waals surface area contributed by atoms with Crippen LogP contribution in [0.5, 0.6) is 0 Å². The second-order valence-electron chi connectivity index (χ2n) is 6.03. The normalized spacial score (nSPS) is 34.0. The van der Waals surface area contributed by atoms with E-state index in [0.29, 0.717) is 25.3 Å². The highest BCUT2D eigenvalue weighted by Gasteiger charge is 2.32. The molecule has 2 saturated heterocycles. The minimum atomic E-state index is -0.919. The Morgan fingerprint density at radius 1 is 1.25 bits per heavy atom. The molecule has 6 nitrogen and oxygen atoms in total. The standard InChI is InChI=1S/C14H24N2O4/c1-9-3-4-10(2)16(8-9)14(19)15-7-11-5-6-12(20-11)13(17)18/h9-12H,3-8H2,1-2H3,(H,15,19)(H,17,18). The van der Waals surface area contributed by atoms with Gasteiger partial charge in [0.15, 0.2) is 6.10 Å². The molecule has 2 N–H and O–H groups in total. The Labute approximate surface area is 119 Å². The molecule has 0 aromatic heterocycles. The van der Waals surface area contributed by atoms with Gasteiger partial charge in [-0.2, -0.15) is 0 Å². The van der Waals surface area contributed by atoms with E-state index < -0.39 is 12.1 Å². The lowest BCUT2D eigenvalue weighted by molar-refractivity contribution is -0.149. The Bertz CT molecular complexity index is 374. The molecule has 0 aliphatic carbocycles. The van der Waals surface area contributed by atoms with Crippen molar-refractivity contribution < 1.29 is 19.4 Å². The van der Waals surface area contributed by atoms with Gasteiger partial charge in [-0.1, -0.05) is 6.92 Å². The van der Waals surface area contributed by atoms with Crippen LogP contribution in [0, 0.1) is 5.92 Å². The van der Waals surface area contributed by atoms with Gasteiger partial charge in [0.25, 0.3) is 0 Å². The fraction of sp³-hybridized carbons (Fsp3) is 0.857. The lowest BCUT2D eigenvalue weighted by atomic mass is 9.95. The maximum Gasteiger partial charge on any atom is 0.332 e. The van der Waals surface area contributed by atoms with E-state index in [9.17, 15) is 9.59 Å². The highest BCUT2D eigenvalue weighted by Crippen LogP contribution is 2.22. The van der Waals surface area contributed by atoms with Crippen LogP contribution in [-0.2, 0) is 9.53 Å². The lowest BCUT2D eigenvalue weighted by Crippen LogP contribution is -2.50. The maximum absolute atomic E-state index is 12.2. The molecule has 0 bridgehead atoms. The SMILES string of the molecule is CC1CCC(C)N(C(=O)NCC2CCC(C(=O)O)O2)C1. The number of amides is 2. The van der Waals surface area contributed by atoms with Crippen molar-refractivity contribution in [1.82, 2.24) is 10.2 Å². The van der Waals surface area contributed by atoms with Crippen LogP contribution < -0.4 is 5.32 Å². The average Bonchev–Trinajstić information content (AvgIpc) is 2.88. The molecule has 2 fully saturated rings. The molecule has 4 atom stereocenters. The van der Waals surface area contributed by atoms with Crippen LogP contribution in [0.15, 0.2) is 0 Å². The number of carbonyl (C=O) groups is 2. The molecule has 2 amide bonds. The fourth-order valence-corrected chi connectivity index (χ4v) is 2.91. The van der Waals surface area contributed by atoms with Crippen molar-refractivity contribution in [2.24, 2.45) is 5.92 Å². The predicted octanol–water partition coefficient (Wildman–Crippen LogP) is 1.45. The van der Waals surface area contributed by atoms with Crippen LogP contribution in [-0.4, -0.2) is 53.3 Å². The predicted molar refractivity (Wildman–Crippen MR) is 73.5 cm³/mol. The zero-order valence-corrected chi connectivity index (χ0v) is 12.2. The molecule has 0 spiro atoms. The van der Waals surface area contributed by atoms with Crippen LogP contribution in [0.1, 0.15) is 39.5 Å². The molecular weight excluding hydrogens is 260 g/mol. The number of aliphatic carboxylic acids is 1. The number of carbonyl (C=O) groups excluding carboxylic acids is 1. The number of nitrogens with one attached hydrogen (secondary N) is 1. The summed E-state index contributed by atoms with van der Waals surface area (Å²) in [6.07, 6.45) is 2.51. The minimum absolute atomic E-state index is 0.0635. The number of likely N-dealkylation sites (tertiary alicyclic amines) is 1. The third-order valence-corrected chi connectivity index (χ3v) is 4.24. The van der Waals surface area contributed by atoms with Crippen molar-refractivity contribution in [2.75, 3.05) is 13.1 Å². The smallest absolute Gasteiger partial charge is 0.332 e. The van der Waals surface area contributed by atoms with E-state index in [0.717, 1.165) is 19.4 Å².